The number of imidazole rings is 1. The van der Waals surface area contributed by atoms with Gasteiger partial charge in [0.05, 0.1) is 16.6 Å². The van der Waals surface area contributed by atoms with Gasteiger partial charge >= 0.3 is 0 Å². The number of hydrogen-bond donors (Lipinski definition) is 1. The third-order valence-electron chi connectivity index (χ3n) is 5.82. The molecule has 6 heteroatoms. The molecule has 0 amide bonds. The van der Waals surface area contributed by atoms with Gasteiger partial charge < -0.3 is 14.6 Å². The summed E-state index contributed by atoms with van der Waals surface area (Å²) in [4.78, 5) is 6.80. The molecular weight excluding hydrogens is 360 g/mol. The van der Waals surface area contributed by atoms with Gasteiger partial charge in [-0.25, -0.2) is 13.8 Å². The van der Waals surface area contributed by atoms with Crippen LogP contribution in [0.1, 0.15) is 30.7 Å². The number of nitrogens with zero attached hydrogens (tertiary/aromatic N) is 3. The van der Waals surface area contributed by atoms with Gasteiger partial charge in [0.1, 0.15) is 17.5 Å². The summed E-state index contributed by atoms with van der Waals surface area (Å²) in [6.45, 7) is 5.32. The van der Waals surface area contributed by atoms with Gasteiger partial charge in [-0.3, -0.25) is 0 Å². The lowest BCUT2D eigenvalue weighted by atomic mass is 9.84. The molecule has 0 bridgehead atoms. The van der Waals surface area contributed by atoms with Crippen LogP contribution in [-0.4, -0.2) is 39.2 Å². The largest absolute Gasteiger partial charge is 0.385 e. The first-order chi connectivity index (χ1) is 13.4. The molecule has 2 heterocycles. The molecule has 1 saturated heterocycles. The van der Waals surface area contributed by atoms with Gasteiger partial charge in [0.15, 0.2) is 0 Å². The van der Waals surface area contributed by atoms with Crippen LogP contribution in [0.3, 0.4) is 0 Å². The fourth-order valence-corrected chi connectivity index (χ4v) is 4.15. The average molecular weight is 385 g/mol. The Kier molecular flexibility index (Phi) is 5.17. The highest BCUT2D eigenvalue weighted by atomic mass is 19.1. The van der Waals surface area contributed by atoms with Gasteiger partial charge in [-0.1, -0.05) is 12.1 Å². The zero-order valence-corrected chi connectivity index (χ0v) is 16.0. The lowest BCUT2D eigenvalue weighted by Gasteiger charge is -2.38. The minimum absolute atomic E-state index is 0.265. The Morgan fingerprint density at radius 2 is 1.68 bits per heavy atom. The van der Waals surface area contributed by atoms with Crippen molar-refractivity contribution in [3.05, 3.63) is 65.5 Å². The number of aryl methyl sites for hydroxylation is 2. The van der Waals surface area contributed by atoms with E-state index in [4.69, 9.17) is 0 Å². The lowest BCUT2D eigenvalue weighted by molar-refractivity contribution is -0.0262. The van der Waals surface area contributed by atoms with Crippen molar-refractivity contribution in [2.45, 2.75) is 38.3 Å². The predicted molar refractivity (Wildman–Crippen MR) is 105 cm³/mol. The number of piperidine rings is 1. The van der Waals surface area contributed by atoms with E-state index in [0.29, 0.717) is 18.4 Å². The van der Waals surface area contributed by atoms with Gasteiger partial charge in [0.25, 0.3) is 0 Å². The maximum atomic E-state index is 13.4. The number of benzene rings is 2. The average Bonchev–Trinajstić information content (AvgIpc) is 2.98. The number of halogens is 2. The third kappa shape index (κ3) is 3.80. The maximum Gasteiger partial charge on any atom is 0.125 e. The fourth-order valence-electron chi connectivity index (χ4n) is 4.15. The van der Waals surface area contributed by atoms with Crippen molar-refractivity contribution in [1.82, 2.24) is 14.5 Å². The van der Waals surface area contributed by atoms with Crippen molar-refractivity contribution in [2.24, 2.45) is 0 Å². The summed E-state index contributed by atoms with van der Waals surface area (Å²) >= 11 is 0. The molecule has 1 N–H and O–H groups in total. The maximum absolute atomic E-state index is 13.4. The van der Waals surface area contributed by atoms with Crippen LogP contribution >= 0.6 is 0 Å². The molecule has 0 spiro atoms. The van der Waals surface area contributed by atoms with E-state index in [1.165, 1.54) is 24.3 Å². The van der Waals surface area contributed by atoms with Crippen molar-refractivity contribution < 1.29 is 13.9 Å². The second-order valence-electron chi connectivity index (χ2n) is 7.68. The smallest absolute Gasteiger partial charge is 0.125 e. The topological polar surface area (TPSA) is 41.3 Å². The minimum atomic E-state index is -0.870. The van der Waals surface area contributed by atoms with Crippen molar-refractivity contribution in [3.8, 4) is 0 Å². The highest BCUT2D eigenvalue weighted by Gasteiger charge is 2.33. The quantitative estimate of drug-likeness (QED) is 0.722. The number of hydrogen-bond acceptors (Lipinski definition) is 3. The first-order valence-corrected chi connectivity index (χ1v) is 9.78. The second kappa shape index (κ2) is 7.60. The summed E-state index contributed by atoms with van der Waals surface area (Å²) in [5, 5.41) is 10.9. The summed E-state index contributed by atoms with van der Waals surface area (Å²) in [6, 6.07) is 10.9. The van der Waals surface area contributed by atoms with E-state index in [9.17, 15) is 13.9 Å². The van der Waals surface area contributed by atoms with E-state index >= 15 is 0 Å². The first kappa shape index (κ1) is 19.0. The van der Waals surface area contributed by atoms with Crippen LogP contribution < -0.4 is 0 Å². The number of aliphatic hydroxyl groups is 1. The minimum Gasteiger partial charge on any atom is -0.385 e. The van der Waals surface area contributed by atoms with E-state index in [0.717, 1.165) is 49.5 Å². The SMILES string of the molecule is Cc1nc2cc(F)ccc2n1CCCN1CCC(O)(c2ccc(F)cc2)CC1. The molecular formula is C22H25F2N3O. The van der Waals surface area contributed by atoms with Crippen LogP contribution in [0.25, 0.3) is 11.0 Å². The van der Waals surface area contributed by atoms with E-state index in [-0.39, 0.29) is 11.6 Å². The Labute approximate surface area is 163 Å². The van der Waals surface area contributed by atoms with Crippen LogP contribution in [0.5, 0.6) is 0 Å². The molecule has 0 radical (unpaired) electrons. The molecule has 0 atom stereocenters. The molecule has 2 aromatic carbocycles. The van der Waals surface area contributed by atoms with Crippen LogP contribution in [0, 0.1) is 18.6 Å². The van der Waals surface area contributed by atoms with Crippen LogP contribution in [0.2, 0.25) is 0 Å². The first-order valence-electron chi connectivity index (χ1n) is 9.78. The summed E-state index contributed by atoms with van der Waals surface area (Å²) in [5.74, 6) is 0.346. The van der Waals surface area contributed by atoms with E-state index in [1.807, 2.05) is 6.92 Å². The highest BCUT2D eigenvalue weighted by Crippen LogP contribution is 2.33. The zero-order valence-electron chi connectivity index (χ0n) is 16.0. The summed E-state index contributed by atoms with van der Waals surface area (Å²) < 4.78 is 28.6. The van der Waals surface area contributed by atoms with Crippen molar-refractivity contribution in [1.29, 1.82) is 0 Å². The summed E-state index contributed by atoms with van der Waals surface area (Å²) in [6.07, 6.45) is 2.24. The molecule has 0 aliphatic carbocycles. The molecule has 148 valence electrons. The molecule has 1 fully saturated rings. The molecule has 4 rings (SSSR count). The number of rotatable bonds is 5. The molecule has 4 nitrogen and oxygen atoms in total. The van der Waals surface area contributed by atoms with Gasteiger partial charge in [-0.15, -0.1) is 0 Å². The van der Waals surface area contributed by atoms with Crippen LogP contribution in [-0.2, 0) is 12.1 Å². The number of likely N-dealkylation sites (tertiary alicyclic amines) is 1. The molecule has 1 aliphatic heterocycles. The zero-order chi connectivity index (χ0) is 19.7. The summed E-state index contributed by atoms with van der Waals surface area (Å²) in [5.41, 5.74) is 1.58. The molecule has 0 saturated carbocycles. The van der Waals surface area contributed by atoms with Crippen molar-refractivity contribution in [3.63, 3.8) is 0 Å². The second-order valence-corrected chi connectivity index (χ2v) is 7.68. The lowest BCUT2D eigenvalue weighted by Crippen LogP contribution is -2.43. The van der Waals surface area contributed by atoms with Gasteiger partial charge in [-0.2, -0.15) is 0 Å². The van der Waals surface area contributed by atoms with Crippen LogP contribution in [0.4, 0.5) is 8.78 Å². The Balaban J connectivity index is 1.33. The Hall–Kier alpha value is -2.31. The standard InChI is InChI=1S/C22H25F2N3O/c1-16-25-20-15-19(24)7-8-21(20)27(16)12-2-11-26-13-9-22(28,10-14-26)17-3-5-18(23)6-4-17/h3-8,15,28H,2,9-14H2,1H3. The Morgan fingerprint density at radius 3 is 2.39 bits per heavy atom. The number of aromatic nitrogens is 2. The molecule has 1 aromatic heterocycles. The normalized spacial score (nSPS) is 17.3. The highest BCUT2D eigenvalue weighted by molar-refractivity contribution is 5.76. The van der Waals surface area contributed by atoms with Crippen molar-refractivity contribution >= 4 is 11.0 Å². The van der Waals surface area contributed by atoms with Gasteiger partial charge in [0, 0.05) is 25.7 Å². The molecule has 3 aromatic rings. The predicted octanol–water partition coefficient (Wildman–Crippen LogP) is 4.00. The monoisotopic (exact) mass is 385 g/mol. The Bertz CT molecular complexity index is 960. The van der Waals surface area contributed by atoms with E-state index < -0.39 is 5.60 Å². The third-order valence-corrected chi connectivity index (χ3v) is 5.82. The fraction of sp³-hybridized carbons (Fsp3) is 0.409. The van der Waals surface area contributed by atoms with Gasteiger partial charge in [0.2, 0.25) is 0 Å². The van der Waals surface area contributed by atoms with Crippen LogP contribution in [0.15, 0.2) is 42.5 Å². The molecule has 1 aliphatic rings. The van der Waals surface area contributed by atoms with E-state index in [1.54, 1.807) is 18.2 Å². The van der Waals surface area contributed by atoms with E-state index in [2.05, 4.69) is 14.5 Å². The molecule has 28 heavy (non-hydrogen) atoms. The van der Waals surface area contributed by atoms with Gasteiger partial charge in [-0.05, 0) is 62.6 Å². The number of fused-ring (bicyclic) bond motifs is 1. The summed E-state index contributed by atoms with van der Waals surface area (Å²) in [7, 11) is 0. The van der Waals surface area contributed by atoms with Crippen molar-refractivity contribution in [2.75, 3.05) is 19.6 Å². The molecule has 0 unspecified atom stereocenters. The Morgan fingerprint density at radius 1 is 1.00 bits per heavy atom.